The van der Waals surface area contributed by atoms with E-state index in [9.17, 15) is 9.59 Å². The fourth-order valence-electron chi connectivity index (χ4n) is 2.19. The molecule has 2 amide bonds. The summed E-state index contributed by atoms with van der Waals surface area (Å²) in [6.07, 6.45) is 1.57. The molecular formula is C17H13NO2S2. The highest BCUT2D eigenvalue weighted by molar-refractivity contribution is 8.04. The summed E-state index contributed by atoms with van der Waals surface area (Å²) >= 11 is 2.80. The third kappa shape index (κ3) is 2.65. The average molecular weight is 327 g/mol. The molecule has 2 aromatic rings. The fourth-order valence-corrected chi connectivity index (χ4v) is 4.05. The van der Waals surface area contributed by atoms with Crippen molar-refractivity contribution in [1.29, 1.82) is 0 Å². The summed E-state index contributed by atoms with van der Waals surface area (Å²) in [5.41, 5.74) is 0.496. The summed E-state index contributed by atoms with van der Waals surface area (Å²) in [4.78, 5) is 28.7. The number of rotatable bonds is 5. The second-order valence-electron chi connectivity index (χ2n) is 4.61. The Balaban J connectivity index is 2.05. The minimum absolute atomic E-state index is 0.228. The topological polar surface area (TPSA) is 37.4 Å². The van der Waals surface area contributed by atoms with Crippen LogP contribution in [0, 0.1) is 0 Å². The molecular weight excluding hydrogens is 314 g/mol. The molecule has 3 rings (SSSR count). The lowest BCUT2D eigenvalue weighted by atomic mass is 10.2. The minimum Gasteiger partial charge on any atom is -0.270 e. The van der Waals surface area contributed by atoms with Crippen molar-refractivity contribution >= 4 is 40.5 Å². The van der Waals surface area contributed by atoms with Gasteiger partial charge in [-0.05, 0) is 23.6 Å². The molecule has 0 atom stereocenters. The molecule has 110 valence electrons. The maximum Gasteiger partial charge on any atom is 0.268 e. The van der Waals surface area contributed by atoms with Crippen LogP contribution in [0.3, 0.4) is 0 Å². The van der Waals surface area contributed by atoms with Crippen molar-refractivity contribution in [3.8, 4) is 0 Å². The SMILES string of the molecule is C=CCN1C(=O)C(Sc2ccccc2)=C(c2cccs2)C1=O. The molecule has 2 heterocycles. The van der Waals surface area contributed by atoms with Crippen LogP contribution in [0.1, 0.15) is 4.88 Å². The van der Waals surface area contributed by atoms with Gasteiger partial charge in [0.05, 0.1) is 10.5 Å². The number of imide groups is 1. The number of thioether (sulfide) groups is 1. The van der Waals surface area contributed by atoms with Gasteiger partial charge in [-0.25, -0.2) is 0 Å². The Hall–Kier alpha value is -2.11. The van der Waals surface area contributed by atoms with Crippen LogP contribution >= 0.6 is 23.1 Å². The molecule has 0 bridgehead atoms. The van der Waals surface area contributed by atoms with Crippen LogP contribution in [0.5, 0.6) is 0 Å². The van der Waals surface area contributed by atoms with Gasteiger partial charge in [0.25, 0.3) is 11.8 Å². The number of nitrogens with zero attached hydrogens (tertiary/aromatic N) is 1. The van der Waals surface area contributed by atoms with Crippen LogP contribution in [0.4, 0.5) is 0 Å². The van der Waals surface area contributed by atoms with E-state index in [0.29, 0.717) is 10.5 Å². The zero-order valence-electron chi connectivity index (χ0n) is 11.7. The van der Waals surface area contributed by atoms with Crippen LogP contribution in [-0.2, 0) is 9.59 Å². The van der Waals surface area contributed by atoms with Crippen molar-refractivity contribution in [2.24, 2.45) is 0 Å². The third-order valence-corrected chi connectivity index (χ3v) is 5.15. The van der Waals surface area contributed by atoms with Gasteiger partial charge in [0.1, 0.15) is 0 Å². The molecule has 1 aliphatic heterocycles. The molecule has 0 unspecified atom stereocenters. The summed E-state index contributed by atoms with van der Waals surface area (Å²) in [5.74, 6) is -0.493. The molecule has 1 aromatic carbocycles. The monoisotopic (exact) mass is 327 g/mol. The van der Waals surface area contributed by atoms with E-state index < -0.39 is 0 Å². The maximum atomic E-state index is 12.6. The Bertz CT molecular complexity index is 748. The lowest BCUT2D eigenvalue weighted by molar-refractivity contribution is -0.135. The maximum absolute atomic E-state index is 12.6. The number of hydrogen-bond acceptors (Lipinski definition) is 4. The van der Waals surface area contributed by atoms with E-state index in [-0.39, 0.29) is 18.4 Å². The molecule has 0 fully saturated rings. The Morgan fingerprint density at radius 1 is 1.09 bits per heavy atom. The lowest BCUT2D eigenvalue weighted by Crippen LogP contribution is -2.31. The highest BCUT2D eigenvalue weighted by Gasteiger charge is 2.39. The molecule has 3 nitrogen and oxygen atoms in total. The Morgan fingerprint density at radius 2 is 1.86 bits per heavy atom. The molecule has 0 N–H and O–H groups in total. The number of benzene rings is 1. The largest absolute Gasteiger partial charge is 0.270 e. The van der Waals surface area contributed by atoms with Gasteiger partial charge in [-0.1, -0.05) is 42.1 Å². The third-order valence-electron chi connectivity index (χ3n) is 3.17. The van der Waals surface area contributed by atoms with Gasteiger partial charge in [-0.3, -0.25) is 14.5 Å². The van der Waals surface area contributed by atoms with Crippen LogP contribution < -0.4 is 0 Å². The first kappa shape index (κ1) is 14.8. The molecule has 1 aromatic heterocycles. The second kappa shape index (κ2) is 6.34. The molecule has 0 saturated carbocycles. The van der Waals surface area contributed by atoms with E-state index in [1.165, 1.54) is 28.0 Å². The standard InChI is InChI=1S/C17H13NO2S2/c1-2-10-18-16(19)14(13-9-6-11-21-13)15(17(18)20)22-12-7-4-3-5-8-12/h2-9,11H,1,10H2. The average Bonchev–Trinajstić information content (AvgIpc) is 3.12. The zero-order valence-corrected chi connectivity index (χ0v) is 13.3. The normalized spacial score (nSPS) is 14.8. The predicted octanol–water partition coefficient (Wildman–Crippen LogP) is 3.81. The van der Waals surface area contributed by atoms with E-state index in [4.69, 9.17) is 0 Å². The van der Waals surface area contributed by atoms with Gasteiger partial charge in [-0.2, -0.15) is 0 Å². The summed E-state index contributed by atoms with van der Waals surface area (Å²) in [5, 5.41) is 1.90. The lowest BCUT2D eigenvalue weighted by Gasteiger charge is -2.11. The van der Waals surface area contributed by atoms with Crippen molar-refractivity contribution in [2.45, 2.75) is 4.90 Å². The van der Waals surface area contributed by atoms with Crippen LogP contribution in [-0.4, -0.2) is 23.3 Å². The summed E-state index contributed by atoms with van der Waals surface area (Å²) in [6, 6.07) is 13.4. The highest BCUT2D eigenvalue weighted by atomic mass is 32.2. The number of thiophene rings is 1. The van der Waals surface area contributed by atoms with Crippen molar-refractivity contribution in [3.05, 3.63) is 70.3 Å². The van der Waals surface area contributed by atoms with Crippen molar-refractivity contribution in [3.63, 3.8) is 0 Å². The van der Waals surface area contributed by atoms with Crippen molar-refractivity contribution in [2.75, 3.05) is 6.54 Å². The van der Waals surface area contributed by atoms with Crippen LogP contribution in [0.2, 0.25) is 0 Å². The van der Waals surface area contributed by atoms with E-state index >= 15 is 0 Å². The zero-order chi connectivity index (χ0) is 15.5. The molecule has 0 aliphatic carbocycles. The van der Waals surface area contributed by atoms with Crippen LogP contribution in [0.15, 0.2) is 70.3 Å². The fraction of sp³-hybridized carbons (Fsp3) is 0.0588. The first-order valence-corrected chi connectivity index (χ1v) is 8.40. The highest BCUT2D eigenvalue weighted by Crippen LogP contribution is 2.40. The molecule has 22 heavy (non-hydrogen) atoms. The van der Waals surface area contributed by atoms with E-state index in [1.54, 1.807) is 6.08 Å². The van der Waals surface area contributed by atoms with Crippen LogP contribution in [0.25, 0.3) is 5.57 Å². The van der Waals surface area contributed by atoms with Gasteiger partial charge >= 0.3 is 0 Å². The summed E-state index contributed by atoms with van der Waals surface area (Å²) in [6.45, 7) is 3.85. The molecule has 0 radical (unpaired) electrons. The van der Waals surface area contributed by atoms with Gasteiger partial charge in [0.2, 0.25) is 0 Å². The molecule has 0 saturated heterocycles. The predicted molar refractivity (Wildman–Crippen MR) is 90.5 cm³/mol. The smallest absolute Gasteiger partial charge is 0.268 e. The summed E-state index contributed by atoms with van der Waals surface area (Å²) < 4.78 is 0. The number of carbonyl (C=O) groups is 2. The van der Waals surface area contributed by atoms with E-state index in [1.807, 2.05) is 47.8 Å². The van der Waals surface area contributed by atoms with E-state index in [2.05, 4.69) is 6.58 Å². The van der Waals surface area contributed by atoms with Crippen molar-refractivity contribution in [1.82, 2.24) is 4.90 Å². The molecule has 0 spiro atoms. The number of amides is 2. The Morgan fingerprint density at radius 3 is 2.50 bits per heavy atom. The Labute approximate surface area is 137 Å². The van der Waals surface area contributed by atoms with E-state index in [0.717, 1.165) is 9.77 Å². The minimum atomic E-state index is -0.248. The Kier molecular flexibility index (Phi) is 4.27. The van der Waals surface area contributed by atoms with Gasteiger partial charge in [-0.15, -0.1) is 17.9 Å². The van der Waals surface area contributed by atoms with Crippen molar-refractivity contribution < 1.29 is 9.59 Å². The van der Waals surface area contributed by atoms with Gasteiger partial charge < -0.3 is 0 Å². The number of hydrogen-bond donors (Lipinski definition) is 0. The quantitative estimate of drug-likeness (QED) is 0.619. The summed E-state index contributed by atoms with van der Waals surface area (Å²) in [7, 11) is 0. The first-order valence-electron chi connectivity index (χ1n) is 6.70. The molecule has 5 heteroatoms. The van der Waals surface area contributed by atoms with Gasteiger partial charge in [0, 0.05) is 16.3 Å². The second-order valence-corrected chi connectivity index (χ2v) is 6.64. The number of carbonyl (C=O) groups excluding carboxylic acids is 2. The first-order chi connectivity index (χ1) is 10.7. The molecule has 1 aliphatic rings. The van der Waals surface area contributed by atoms with Gasteiger partial charge in [0.15, 0.2) is 0 Å².